The van der Waals surface area contributed by atoms with Crippen LogP contribution in [0.15, 0.2) is 42.6 Å². The highest BCUT2D eigenvalue weighted by Crippen LogP contribution is 2.37. The minimum absolute atomic E-state index is 0.159. The Morgan fingerprint density at radius 3 is 2.46 bits per heavy atom. The van der Waals surface area contributed by atoms with E-state index in [1.54, 1.807) is 11.1 Å². The first kappa shape index (κ1) is 23.2. The van der Waals surface area contributed by atoms with Crippen LogP contribution in [0.4, 0.5) is 21.0 Å². The van der Waals surface area contributed by atoms with E-state index in [9.17, 15) is 9.59 Å². The highest BCUT2D eigenvalue weighted by Gasteiger charge is 2.37. The molecule has 10 heteroatoms. The number of hydrogen-bond donors (Lipinski definition) is 2. The minimum atomic E-state index is -0.463. The van der Waals surface area contributed by atoms with Crippen molar-refractivity contribution in [3.05, 3.63) is 48.3 Å². The number of nitrogens with zero attached hydrogens (tertiary/aromatic N) is 5. The lowest BCUT2D eigenvalue weighted by Crippen LogP contribution is -2.57. The average Bonchev–Trinajstić information content (AvgIpc) is 3.26. The van der Waals surface area contributed by atoms with E-state index in [0.717, 1.165) is 50.4 Å². The van der Waals surface area contributed by atoms with Gasteiger partial charge < -0.3 is 14.5 Å². The first-order chi connectivity index (χ1) is 17.1. The van der Waals surface area contributed by atoms with Crippen molar-refractivity contribution in [2.24, 2.45) is 0 Å². The third-order valence-electron chi connectivity index (χ3n) is 6.80. The first-order valence-corrected chi connectivity index (χ1v) is 12.4. The Balaban J connectivity index is 1.19. The fourth-order valence-electron chi connectivity index (χ4n) is 4.82. The molecule has 2 fully saturated rings. The predicted molar refractivity (Wildman–Crippen MR) is 133 cm³/mol. The molecule has 1 aromatic heterocycles. The lowest BCUT2D eigenvalue weighted by molar-refractivity contribution is 0.0857. The van der Waals surface area contributed by atoms with Crippen LogP contribution in [0.1, 0.15) is 25.0 Å². The maximum atomic E-state index is 13.2. The maximum absolute atomic E-state index is 13.2. The molecular formula is C25H33N7O3. The number of para-hydroxylation sites is 2. The number of aryl methyl sites for hydroxylation is 1. The Hall–Kier alpha value is -3.53. The number of nitrogens with one attached hydrogen (secondary N) is 2. The topological polar surface area (TPSA) is 93.3 Å². The second kappa shape index (κ2) is 10.4. The maximum Gasteiger partial charge on any atom is 0.343 e. The molecule has 0 radical (unpaired) electrons. The zero-order valence-corrected chi connectivity index (χ0v) is 20.2. The van der Waals surface area contributed by atoms with E-state index >= 15 is 0 Å². The molecule has 5 rings (SSSR count). The number of carbonyl (C=O) groups excluding carboxylic acids is 2. The number of benzene rings is 1. The van der Waals surface area contributed by atoms with Gasteiger partial charge in [-0.1, -0.05) is 12.1 Å². The molecule has 1 atom stereocenters. The number of urea groups is 2. The van der Waals surface area contributed by atoms with Crippen molar-refractivity contribution in [3.63, 3.8) is 0 Å². The average molecular weight is 480 g/mol. The molecular weight excluding hydrogens is 446 g/mol. The molecule has 4 amide bonds. The second-order valence-electron chi connectivity index (χ2n) is 9.27. The molecule has 2 N–H and O–H groups in total. The van der Waals surface area contributed by atoms with Gasteiger partial charge in [0.1, 0.15) is 5.75 Å². The number of pyridine rings is 1. The van der Waals surface area contributed by atoms with E-state index in [4.69, 9.17) is 4.74 Å². The molecule has 1 aromatic carbocycles. The Bertz CT molecular complexity index is 1030. The third kappa shape index (κ3) is 5.27. The summed E-state index contributed by atoms with van der Waals surface area (Å²) in [5.74, 6) is 0.684. The molecule has 0 saturated carbocycles. The zero-order chi connectivity index (χ0) is 24.2. The number of rotatable bonds is 4. The summed E-state index contributed by atoms with van der Waals surface area (Å²) in [5, 5.41) is 0. The second-order valence-corrected chi connectivity index (χ2v) is 9.27. The Kier molecular flexibility index (Phi) is 6.89. The summed E-state index contributed by atoms with van der Waals surface area (Å²) in [6.07, 6.45) is 4.61. The zero-order valence-electron chi connectivity index (χ0n) is 20.2. The van der Waals surface area contributed by atoms with E-state index in [2.05, 4.69) is 20.7 Å². The van der Waals surface area contributed by atoms with Crippen LogP contribution in [-0.4, -0.2) is 83.8 Å². The largest absolute Gasteiger partial charge is 0.466 e. The molecule has 2 aromatic rings. The van der Waals surface area contributed by atoms with Crippen LogP contribution in [-0.2, 0) is 0 Å². The number of piperidine rings is 1. The first-order valence-electron chi connectivity index (χ1n) is 12.4. The van der Waals surface area contributed by atoms with Crippen molar-refractivity contribution in [3.8, 4) is 5.75 Å². The van der Waals surface area contributed by atoms with E-state index in [0.29, 0.717) is 31.1 Å². The summed E-state index contributed by atoms with van der Waals surface area (Å²) in [5.41, 5.74) is 8.03. The summed E-state index contributed by atoms with van der Waals surface area (Å²) < 4.78 is 6.18. The molecule has 4 heterocycles. The lowest BCUT2D eigenvalue weighted by Gasteiger charge is -2.39. The van der Waals surface area contributed by atoms with E-state index in [1.807, 2.05) is 53.1 Å². The van der Waals surface area contributed by atoms with Crippen molar-refractivity contribution < 1.29 is 14.3 Å². The van der Waals surface area contributed by atoms with E-state index in [1.165, 1.54) is 6.42 Å². The number of ether oxygens (including phenoxy) is 1. The molecule has 10 nitrogen and oxygen atoms in total. The fourth-order valence-corrected chi connectivity index (χ4v) is 4.82. The summed E-state index contributed by atoms with van der Waals surface area (Å²) in [4.78, 5) is 38.1. The van der Waals surface area contributed by atoms with Crippen LogP contribution in [0, 0.1) is 6.92 Å². The number of hydrogen-bond acceptors (Lipinski definition) is 6. The van der Waals surface area contributed by atoms with Gasteiger partial charge in [0.25, 0.3) is 0 Å². The van der Waals surface area contributed by atoms with Crippen molar-refractivity contribution >= 4 is 23.4 Å². The Labute approximate surface area is 205 Å². The van der Waals surface area contributed by atoms with Crippen LogP contribution in [0.5, 0.6) is 5.75 Å². The van der Waals surface area contributed by atoms with Crippen molar-refractivity contribution in [1.29, 1.82) is 0 Å². The van der Waals surface area contributed by atoms with Crippen molar-refractivity contribution in [2.45, 2.75) is 32.4 Å². The van der Waals surface area contributed by atoms with Gasteiger partial charge in [-0.3, -0.25) is 25.6 Å². The molecule has 0 spiro atoms. The lowest BCUT2D eigenvalue weighted by atomic mass is 10.1. The van der Waals surface area contributed by atoms with Crippen LogP contribution >= 0.6 is 0 Å². The van der Waals surface area contributed by atoms with Crippen LogP contribution in [0.25, 0.3) is 0 Å². The molecule has 1 unspecified atom stereocenters. The van der Waals surface area contributed by atoms with Gasteiger partial charge in [0, 0.05) is 45.0 Å². The number of amides is 4. The van der Waals surface area contributed by atoms with Gasteiger partial charge in [-0.2, -0.15) is 0 Å². The summed E-state index contributed by atoms with van der Waals surface area (Å²) in [7, 11) is 0. The molecule has 186 valence electrons. The van der Waals surface area contributed by atoms with Gasteiger partial charge in [-0.05, 0) is 50.5 Å². The van der Waals surface area contributed by atoms with Gasteiger partial charge in [-0.15, -0.1) is 0 Å². The SMILES string of the molecule is Cc1ccc(NNC(=O)N2c3ccccc3OC2CN2CCN(C(=O)N3CCCCC3)CC2)cn1. The van der Waals surface area contributed by atoms with E-state index in [-0.39, 0.29) is 12.1 Å². The Morgan fingerprint density at radius 1 is 0.971 bits per heavy atom. The van der Waals surface area contributed by atoms with Gasteiger partial charge in [0.15, 0.2) is 6.23 Å². The fraction of sp³-hybridized carbons (Fsp3) is 0.480. The summed E-state index contributed by atoms with van der Waals surface area (Å²) in [6, 6.07) is 11.2. The van der Waals surface area contributed by atoms with E-state index < -0.39 is 6.23 Å². The molecule has 0 bridgehead atoms. The predicted octanol–water partition coefficient (Wildman–Crippen LogP) is 2.88. The van der Waals surface area contributed by atoms with Crippen LogP contribution < -0.4 is 20.5 Å². The summed E-state index contributed by atoms with van der Waals surface area (Å²) >= 11 is 0. The normalized spacial score (nSPS) is 20.3. The monoisotopic (exact) mass is 479 g/mol. The van der Waals surface area contributed by atoms with Gasteiger partial charge >= 0.3 is 12.1 Å². The number of fused-ring (bicyclic) bond motifs is 1. The van der Waals surface area contributed by atoms with Crippen LogP contribution in [0.2, 0.25) is 0 Å². The molecule has 2 saturated heterocycles. The van der Waals surface area contributed by atoms with Crippen molar-refractivity contribution in [2.75, 3.05) is 56.1 Å². The quantitative estimate of drug-likeness (QED) is 0.655. The number of aromatic nitrogens is 1. The molecule has 3 aliphatic heterocycles. The Morgan fingerprint density at radius 2 is 1.71 bits per heavy atom. The number of carbonyl (C=O) groups is 2. The molecule has 3 aliphatic rings. The number of piperazine rings is 1. The van der Waals surface area contributed by atoms with Gasteiger partial charge in [0.2, 0.25) is 0 Å². The molecule has 0 aliphatic carbocycles. The standard InChI is InChI=1S/C25H33N7O3/c1-19-9-10-20(17-26-19)27-28-24(33)32-21-7-3-4-8-22(21)35-23(32)18-29-13-15-31(16-14-29)25(34)30-11-5-2-6-12-30/h3-4,7-10,17,23,27H,2,5-6,11-16,18H2,1H3,(H,28,33). The minimum Gasteiger partial charge on any atom is -0.466 e. The highest BCUT2D eigenvalue weighted by atomic mass is 16.5. The summed E-state index contributed by atoms with van der Waals surface area (Å²) in [6.45, 7) is 7.06. The number of likely N-dealkylation sites (tertiary alicyclic amines) is 1. The third-order valence-corrected chi connectivity index (χ3v) is 6.80. The van der Waals surface area contributed by atoms with Crippen LogP contribution in [0.3, 0.4) is 0 Å². The van der Waals surface area contributed by atoms with Gasteiger partial charge in [0.05, 0.1) is 24.1 Å². The van der Waals surface area contributed by atoms with Gasteiger partial charge in [-0.25, -0.2) is 9.59 Å². The van der Waals surface area contributed by atoms with Crippen molar-refractivity contribution in [1.82, 2.24) is 25.1 Å². The highest BCUT2D eigenvalue weighted by molar-refractivity contribution is 5.95. The number of hydrazine groups is 1. The molecule has 35 heavy (non-hydrogen) atoms. The number of anilines is 2. The smallest absolute Gasteiger partial charge is 0.343 e.